The van der Waals surface area contributed by atoms with Crippen LogP contribution in [0.1, 0.15) is 51.8 Å². The van der Waals surface area contributed by atoms with Crippen LogP contribution in [0, 0.1) is 6.92 Å². The van der Waals surface area contributed by atoms with Crippen LogP contribution in [0.2, 0.25) is 0 Å². The van der Waals surface area contributed by atoms with Crippen molar-refractivity contribution < 1.29 is 0 Å². The van der Waals surface area contributed by atoms with Crippen molar-refractivity contribution in [2.24, 2.45) is 0 Å². The van der Waals surface area contributed by atoms with Crippen LogP contribution in [0.25, 0.3) is 0 Å². The van der Waals surface area contributed by atoms with E-state index in [0.29, 0.717) is 5.82 Å². The number of likely N-dealkylation sites (N-methyl/N-ethyl adjacent to an activating group) is 2. The monoisotopic (exact) mass is 278 g/mol. The molecule has 1 unspecified atom stereocenters. The van der Waals surface area contributed by atoms with Crippen molar-refractivity contribution in [1.82, 2.24) is 15.2 Å². The minimum absolute atomic E-state index is 0.0247. The first kappa shape index (κ1) is 16.9. The van der Waals surface area contributed by atoms with Gasteiger partial charge in [-0.25, -0.2) is 4.98 Å². The number of pyridine rings is 1. The zero-order valence-corrected chi connectivity index (χ0v) is 13.8. The number of aromatic nitrogens is 1. The van der Waals surface area contributed by atoms with Crippen molar-refractivity contribution in [3.8, 4) is 0 Å². The molecule has 0 aliphatic carbocycles. The van der Waals surface area contributed by atoms with E-state index in [9.17, 15) is 0 Å². The highest BCUT2D eigenvalue weighted by molar-refractivity contribution is 5.44. The number of nitrogens with two attached hydrogens (primary N) is 1. The molecule has 0 aromatic carbocycles. The van der Waals surface area contributed by atoms with E-state index in [-0.39, 0.29) is 11.6 Å². The average Bonchev–Trinajstić information content (AvgIpc) is 2.40. The fraction of sp³-hybridized carbons (Fsp3) is 0.688. The third-order valence-electron chi connectivity index (χ3n) is 4.09. The molecule has 1 heterocycles. The van der Waals surface area contributed by atoms with Gasteiger partial charge in [0.15, 0.2) is 0 Å². The van der Waals surface area contributed by atoms with Crippen LogP contribution in [0.4, 0.5) is 5.82 Å². The van der Waals surface area contributed by atoms with Crippen LogP contribution in [0.3, 0.4) is 0 Å². The van der Waals surface area contributed by atoms with E-state index in [2.05, 4.69) is 62.8 Å². The van der Waals surface area contributed by atoms with Gasteiger partial charge in [0.05, 0.1) is 6.04 Å². The fourth-order valence-corrected chi connectivity index (χ4v) is 3.00. The van der Waals surface area contributed by atoms with Gasteiger partial charge in [0.1, 0.15) is 5.82 Å². The predicted molar refractivity (Wildman–Crippen MR) is 86.8 cm³/mol. The van der Waals surface area contributed by atoms with E-state index in [0.717, 1.165) is 30.8 Å². The second-order valence-electron chi connectivity index (χ2n) is 5.80. The van der Waals surface area contributed by atoms with Gasteiger partial charge in [0.2, 0.25) is 0 Å². The van der Waals surface area contributed by atoms with E-state index < -0.39 is 0 Å². The summed E-state index contributed by atoms with van der Waals surface area (Å²) in [6, 6.07) is 2.32. The van der Waals surface area contributed by atoms with Gasteiger partial charge in [-0.15, -0.1) is 0 Å². The Kier molecular flexibility index (Phi) is 5.96. The van der Waals surface area contributed by atoms with Crippen LogP contribution in [0.5, 0.6) is 0 Å². The first-order valence-electron chi connectivity index (χ1n) is 7.58. The first-order valence-corrected chi connectivity index (χ1v) is 7.58. The number of hydrogen-bond donors (Lipinski definition) is 2. The minimum atomic E-state index is -0.0247. The maximum atomic E-state index is 6.13. The van der Waals surface area contributed by atoms with Crippen molar-refractivity contribution in [3.05, 3.63) is 23.4 Å². The predicted octanol–water partition coefficient (Wildman–Crippen LogP) is 2.74. The normalized spacial score (nSPS) is 13.8. The molecule has 0 saturated carbocycles. The molecule has 0 bridgehead atoms. The van der Waals surface area contributed by atoms with Gasteiger partial charge in [-0.1, -0.05) is 20.8 Å². The van der Waals surface area contributed by atoms with Gasteiger partial charge in [-0.05, 0) is 52.0 Å². The molecule has 4 heteroatoms. The zero-order chi connectivity index (χ0) is 15.3. The quantitative estimate of drug-likeness (QED) is 0.805. The number of hydrogen-bond acceptors (Lipinski definition) is 4. The summed E-state index contributed by atoms with van der Waals surface area (Å²) in [5.74, 6) is 0.627. The lowest BCUT2D eigenvalue weighted by Gasteiger charge is -2.44. The van der Waals surface area contributed by atoms with Gasteiger partial charge in [0.25, 0.3) is 0 Å². The highest BCUT2D eigenvalue weighted by atomic mass is 15.2. The Morgan fingerprint density at radius 1 is 1.30 bits per heavy atom. The van der Waals surface area contributed by atoms with Crippen LogP contribution in [0.15, 0.2) is 12.3 Å². The van der Waals surface area contributed by atoms with Crippen molar-refractivity contribution in [3.63, 3.8) is 0 Å². The largest absolute Gasteiger partial charge is 0.383 e. The minimum Gasteiger partial charge on any atom is -0.383 e. The molecular formula is C16H30N4. The van der Waals surface area contributed by atoms with Crippen LogP contribution < -0.4 is 11.1 Å². The van der Waals surface area contributed by atoms with Crippen molar-refractivity contribution in [2.75, 3.05) is 25.4 Å². The van der Waals surface area contributed by atoms with Gasteiger partial charge in [-0.2, -0.15) is 0 Å². The Bertz CT molecular complexity index is 424. The van der Waals surface area contributed by atoms with E-state index in [1.54, 1.807) is 0 Å². The van der Waals surface area contributed by atoms with Crippen molar-refractivity contribution in [2.45, 2.75) is 53.1 Å². The SMILES string of the molecule is CCNC(c1cc(C)cnc1N)C(C)(C)N(CC)CC. The maximum Gasteiger partial charge on any atom is 0.128 e. The second kappa shape index (κ2) is 7.04. The molecule has 1 atom stereocenters. The molecule has 0 radical (unpaired) electrons. The number of nitrogen functional groups attached to an aromatic ring is 1. The molecule has 0 spiro atoms. The molecule has 3 N–H and O–H groups in total. The summed E-state index contributed by atoms with van der Waals surface area (Å²) in [6.45, 7) is 16.1. The Morgan fingerprint density at radius 2 is 1.90 bits per heavy atom. The smallest absolute Gasteiger partial charge is 0.128 e. The summed E-state index contributed by atoms with van der Waals surface area (Å²) in [6.07, 6.45) is 1.83. The van der Waals surface area contributed by atoms with Crippen LogP contribution in [-0.2, 0) is 0 Å². The third kappa shape index (κ3) is 3.49. The number of rotatable bonds is 7. The summed E-state index contributed by atoms with van der Waals surface area (Å²) >= 11 is 0. The highest BCUT2D eigenvalue weighted by Gasteiger charge is 2.35. The Hall–Kier alpha value is -1.13. The lowest BCUT2D eigenvalue weighted by molar-refractivity contribution is 0.0920. The Labute approximate surface area is 123 Å². The molecule has 20 heavy (non-hydrogen) atoms. The van der Waals surface area contributed by atoms with Gasteiger partial charge in [-0.3, -0.25) is 4.90 Å². The highest BCUT2D eigenvalue weighted by Crippen LogP contribution is 2.33. The van der Waals surface area contributed by atoms with Crippen LogP contribution >= 0.6 is 0 Å². The molecule has 0 aliphatic heterocycles. The molecular weight excluding hydrogens is 248 g/mol. The molecule has 0 amide bonds. The molecule has 0 saturated heterocycles. The van der Waals surface area contributed by atoms with Crippen LogP contribution in [-0.4, -0.2) is 35.1 Å². The van der Waals surface area contributed by atoms with E-state index >= 15 is 0 Å². The Morgan fingerprint density at radius 3 is 2.40 bits per heavy atom. The van der Waals surface area contributed by atoms with Gasteiger partial charge < -0.3 is 11.1 Å². The molecule has 0 fully saturated rings. The molecule has 1 aromatic rings. The molecule has 1 rings (SSSR count). The van der Waals surface area contributed by atoms with Crippen molar-refractivity contribution in [1.29, 1.82) is 0 Å². The van der Waals surface area contributed by atoms with E-state index in [4.69, 9.17) is 5.73 Å². The van der Waals surface area contributed by atoms with E-state index in [1.165, 1.54) is 0 Å². The Balaban J connectivity index is 3.25. The lowest BCUT2D eigenvalue weighted by atomic mass is 9.86. The second-order valence-corrected chi connectivity index (χ2v) is 5.80. The number of nitrogens with zero attached hydrogens (tertiary/aromatic N) is 2. The number of anilines is 1. The summed E-state index contributed by atoms with van der Waals surface area (Å²) in [5.41, 5.74) is 8.35. The van der Waals surface area contributed by atoms with Gasteiger partial charge in [0, 0.05) is 17.3 Å². The maximum absolute atomic E-state index is 6.13. The molecule has 114 valence electrons. The standard InChI is InChI=1S/C16H30N4/c1-7-18-14(16(5,6)20(8-2)9-3)13-10-12(4)11-19-15(13)17/h10-11,14,18H,7-9H2,1-6H3,(H2,17,19). The fourth-order valence-electron chi connectivity index (χ4n) is 3.00. The zero-order valence-electron chi connectivity index (χ0n) is 13.8. The summed E-state index contributed by atoms with van der Waals surface area (Å²) in [5, 5.41) is 3.59. The van der Waals surface area contributed by atoms with Gasteiger partial charge >= 0.3 is 0 Å². The topological polar surface area (TPSA) is 54.2 Å². The van der Waals surface area contributed by atoms with E-state index in [1.807, 2.05) is 6.20 Å². The summed E-state index contributed by atoms with van der Waals surface area (Å²) in [4.78, 5) is 6.79. The third-order valence-corrected chi connectivity index (χ3v) is 4.09. The first-order chi connectivity index (χ1) is 9.38. The summed E-state index contributed by atoms with van der Waals surface area (Å²) < 4.78 is 0. The number of aryl methyl sites for hydroxylation is 1. The molecule has 4 nitrogen and oxygen atoms in total. The summed E-state index contributed by atoms with van der Waals surface area (Å²) in [7, 11) is 0. The number of nitrogens with one attached hydrogen (secondary N) is 1. The van der Waals surface area contributed by atoms with Crippen molar-refractivity contribution >= 4 is 5.82 Å². The lowest BCUT2D eigenvalue weighted by Crippen LogP contribution is -2.52. The molecule has 1 aromatic heterocycles. The molecule has 0 aliphatic rings. The average molecular weight is 278 g/mol.